The van der Waals surface area contributed by atoms with Crippen LogP contribution in [-0.2, 0) is 4.79 Å². The molecule has 0 aliphatic heterocycles. The Bertz CT molecular complexity index is 747. The van der Waals surface area contributed by atoms with E-state index in [0.29, 0.717) is 23.9 Å². The van der Waals surface area contributed by atoms with Gasteiger partial charge in [-0.25, -0.2) is 10.2 Å². The number of rotatable bonds is 7. The topological polar surface area (TPSA) is 111 Å². The fourth-order valence-electron chi connectivity index (χ4n) is 4.30. The van der Waals surface area contributed by atoms with Gasteiger partial charge in [-0.3, -0.25) is 4.79 Å². The average molecular weight is 385 g/mol. The summed E-state index contributed by atoms with van der Waals surface area (Å²) in [5.41, 5.74) is 4.49. The van der Waals surface area contributed by atoms with Crippen LogP contribution in [0.4, 0.5) is 10.5 Å². The molecule has 2 aliphatic rings. The van der Waals surface area contributed by atoms with E-state index in [9.17, 15) is 14.7 Å². The molecule has 150 valence electrons. The van der Waals surface area contributed by atoms with Crippen LogP contribution in [0, 0.1) is 17.8 Å². The lowest BCUT2D eigenvalue weighted by molar-refractivity contribution is -0.137. The number of carbonyl (C=O) groups is 2. The number of anilines is 1. The number of hydrogen-bond donors (Lipinski definition) is 4. The van der Waals surface area contributed by atoms with E-state index in [1.807, 2.05) is 18.2 Å². The van der Waals surface area contributed by atoms with Gasteiger partial charge in [0.15, 0.2) is 0 Å². The van der Waals surface area contributed by atoms with Gasteiger partial charge in [-0.1, -0.05) is 29.8 Å². The Labute approximate surface area is 164 Å². The van der Waals surface area contributed by atoms with E-state index in [2.05, 4.69) is 21.9 Å². The Hall–Kier alpha value is -2.67. The molecule has 2 fully saturated rings. The number of aliphatic hydroxyl groups is 1. The molecule has 2 saturated carbocycles. The van der Waals surface area contributed by atoms with Crippen LogP contribution in [0.25, 0.3) is 0 Å². The largest absolute Gasteiger partial charge is 0.481 e. The highest BCUT2D eigenvalue weighted by molar-refractivity contribution is 5.89. The molecule has 4 N–H and O–H groups in total. The quantitative estimate of drug-likeness (QED) is 0.249. The third-order valence-corrected chi connectivity index (χ3v) is 5.58. The molecule has 4 atom stereocenters. The van der Waals surface area contributed by atoms with Gasteiger partial charge in [-0.15, -0.1) is 0 Å². The van der Waals surface area contributed by atoms with Gasteiger partial charge in [0, 0.05) is 24.2 Å². The molecule has 28 heavy (non-hydrogen) atoms. The fourth-order valence-corrected chi connectivity index (χ4v) is 4.30. The number of unbranched alkanes of at least 4 members (excludes halogenated alkanes) is 1. The number of benzene rings is 1. The number of hydrogen-bond acceptors (Lipinski definition) is 4. The summed E-state index contributed by atoms with van der Waals surface area (Å²) in [6, 6.07) is 8.70. The van der Waals surface area contributed by atoms with Crippen molar-refractivity contribution in [2.75, 3.05) is 5.32 Å². The second kappa shape index (κ2) is 9.50. The SMILES string of the molecule is O=C(O)CCC/C=C1\C[C@H]2C[C@@H](O)[C@H](/C=N/NC(=O)Nc3ccccc3)[C@H]2C1. The standard InChI is InChI=1S/C21H27N3O4/c25-19-12-15-10-14(6-4-5-9-20(26)27)11-17(15)18(19)13-22-24-21(28)23-16-7-2-1-3-8-16/h1-3,6-8,13,15,17-19,25H,4-5,9-12H2,(H,26,27)(H2,23,24,28)/b14-6+,22-13+/t15-,17-,18+,19+/m0/s1. The van der Waals surface area contributed by atoms with E-state index in [0.717, 1.165) is 25.7 Å². The minimum atomic E-state index is -0.759. The van der Waals surface area contributed by atoms with Crippen molar-refractivity contribution in [3.63, 3.8) is 0 Å². The van der Waals surface area contributed by atoms with Crippen LogP contribution >= 0.6 is 0 Å². The molecule has 0 saturated heterocycles. The number of para-hydroxylation sites is 1. The van der Waals surface area contributed by atoms with Gasteiger partial charge in [-0.2, -0.15) is 5.10 Å². The monoisotopic (exact) mass is 385 g/mol. The van der Waals surface area contributed by atoms with Crippen molar-refractivity contribution in [1.29, 1.82) is 0 Å². The van der Waals surface area contributed by atoms with Crippen LogP contribution in [0.5, 0.6) is 0 Å². The van der Waals surface area contributed by atoms with E-state index in [-0.39, 0.29) is 12.3 Å². The van der Waals surface area contributed by atoms with Crippen molar-refractivity contribution in [3.8, 4) is 0 Å². The number of urea groups is 1. The highest BCUT2D eigenvalue weighted by Gasteiger charge is 2.45. The van der Waals surface area contributed by atoms with Gasteiger partial charge in [0.1, 0.15) is 0 Å². The van der Waals surface area contributed by atoms with Crippen molar-refractivity contribution < 1.29 is 19.8 Å². The first kappa shape index (κ1) is 20.1. The summed E-state index contributed by atoms with van der Waals surface area (Å²) in [5, 5.41) is 25.8. The summed E-state index contributed by atoms with van der Waals surface area (Å²) in [5.74, 6) is -0.0874. The second-order valence-electron chi connectivity index (χ2n) is 7.57. The van der Waals surface area contributed by atoms with Crippen LogP contribution in [0.2, 0.25) is 0 Å². The third-order valence-electron chi connectivity index (χ3n) is 5.58. The van der Waals surface area contributed by atoms with Crippen LogP contribution in [0.1, 0.15) is 38.5 Å². The number of allylic oxidation sites excluding steroid dienone is 2. The first-order valence-corrected chi connectivity index (χ1v) is 9.76. The molecular formula is C21H27N3O4. The average Bonchev–Trinajstić information content (AvgIpc) is 3.17. The summed E-state index contributed by atoms with van der Waals surface area (Å²) < 4.78 is 0. The zero-order valence-electron chi connectivity index (χ0n) is 15.8. The maximum absolute atomic E-state index is 11.9. The molecule has 1 aromatic rings. The van der Waals surface area contributed by atoms with Gasteiger partial charge in [0.25, 0.3) is 0 Å². The normalized spacial score (nSPS) is 27.8. The van der Waals surface area contributed by atoms with Crippen molar-refractivity contribution in [2.24, 2.45) is 22.9 Å². The fraction of sp³-hybridized carbons (Fsp3) is 0.476. The summed E-state index contributed by atoms with van der Waals surface area (Å²) in [7, 11) is 0. The van der Waals surface area contributed by atoms with Gasteiger partial charge < -0.3 is 15.5 Å². The maximum Gasteiger partial charge on any atom is 0.339 e. The van der Waals surface area contributed by atoms with E-state index in [4.69, 9.17) is 5.11 Å². The van der Waals surface area contributed by atoms with E-state index in [1.54, 1.807) is 18.3 Å². The molecule has 0 bridgehead atoms. The van der Waals surface area contributed by atoms with E-state index < -0.39 is 18.1 Å². The molecule has 0 heterocycles. The molecule has 0 unspecified atom stereocenters. The number of fused-ring (bicyclic) bond motifs is 1. The third kappa shape index (κ3) is 5.42. The lowest BCUT2D eigenvalue weighted by atomic mass is 9.92. The number of aliphatic carboxylic acids is 1. The molecule has 2 aliphatic carbocycles. The molecule has 3 rings (SSSR count). The van der Waals surface area contributed by atoms with Crippen LogP contribution in [0.15, 0.2) is 47.1 Å². The molecule has 7 heteroatoms. The van der Waals surface area contributed by atoms with E-state index >= 15 is 0 Å². The molecule has 2 amide bonds. The predicted octanol–water partition coefficient (Wildman–Crippen LogP) is 3.38. The van der Waals surface area contributed by atoms with Crippen molar-refractivity contribution >= 4 is 23.9 Å². The summed E-state index contributed by atoms with van der Waals surface area (Å²) in [4.78, 5) is 22.5. The number of aliphatic hydroxyl groups excluding tert-OH is 1. The number of nitrogens with zero attached hydrogens (tertiary/aromatic N) is 1. The number of carboxylic acids is 1. The lowest BCUT2D eigenvalue weighted by Gasteiger charge is -2.16. The Morgan fingerprint density at radius 3 is 2.75 bits per heavy atom. The number of nitrogens with one attached hydrogen (secondary N) is 2. The summed E-state index contributed by atoms with van der Waals surface area (Å²) in [6.45, 7) is 0. The Morgan fingerprint density at radius 1 is 1.21 bits per heavy atom. The summed E-state index contributed by atoms with van der Waals surface area (Å²) in [6.07, 6.45) is 7.62. The number of carbonyl (C=O) groups excluding carboxylic acids is 1. The zero-order valence-corrected chi connectivity index (χ0v) is 15.8. The van der Waals surface area contributed by atoms with Gasteiger partial charge in [0.2, 0.25) is 0 Å². The minimum absolute atomic E-state index is 0.0769. The predicted molar refractivity (Wildman–Crippen MR) is 107 cm³/mol. The minimum Gasteiger partial charge on any atom is -0.481 e. The smallest absolute Gasteiger partial charge is 0.339 e. The molecule has 0 spiro atoms. The highest BCUT2D eigenvalue weighted by Crippen LogP contribution is 2.49. The van der Waals surface area contributed by atoms with E-state index in [1.165, 1.54) is 5.57 Å². The number of carboxylic acid groups (broad SMARTS) is 1. The first-order chi connectivity index (χ1) is 13.5. The van der Waals surface area contributed by atoms with Gasteiger partial charge >= 0.3 is 12.0 Å². The van der Waals surface area contributed by atoms with Crippen LogP contribution in [-0.4, -0.2) is 34.5 Å². The first-order valence-electron chi connectivity index (χ1n) is 9.76. The summed E-state index contributed by atoms with van der Waals surface area (Å²) >= 11 is 0. The number of amides is 2. The molecule has 7 nitrogen and oxygen atoms in total. The molecule has 0 radical (unpaired) electrons. The molecule has 0 aromatic heterocycles. The Balaban J connectivity index is 1.48. The molecule has 1 aromatic carbocycles. The Kier molecular flexibility index (Phi) is 6.81. The highest BCUT2D eigenvalue weighted by atomic mass is 16.4. The van der Waals surface area contributed by atoms with Crippen molar-refractivity contribution in [3.05, 3.63) is 42.0 Å². The zero-order chi connectivity index (χ0) is 19.9. The van der Waals surface area contributed by atoms with Crippen LogP contribution in [0.3, 0.4) is 0 Å². The van der Waals surface area contributed by atoms with Crippen LogP contribution < -0.4 is 10.7 Å². The molecular weight excluding hydrogens is 358 g/mol. The lowest BCUT2D eigenvalue weighted by Crippen LogP contribution is -2.27. The maximum atomic E-state index is 11.9. The van der Waals surface area contributed by atoms with Gasteiger partial charge in [-0.05, 0) is 56.1 Å². The van der Waals surface area contributed by atoms with Crippen molar-refractivity contribution in [2.45, 2.75) is 44.6 Å². The van der Waals surface area contributed by atoms with Gasteiger partial charge in [0.05, 0.1) is 6.10 Å². The Morgan fingerprint density at radius 2 is 2.00 bits per heavy atom. The van der Waals surface area contributed by atoms with Crippen molar-refractivity contribution in [1.82, 2.24) is 5.43 Å². The number of hydrazone groups is 1. The second-order valence-corrected chi connectivity index (χ2v) is 7.57.